The number of hydrogen-bond donors (Lipinski definition) is 1. The van der Waals surface area contributed by atoms with Crippen molar-refractivity contribution in [3.8, 4) is 0 Å². The number of rotatable bonds is 7. The van der Waals surface area contributed by atoms with Gasteiger partial charge in [-0.3, -0.25) is 14.2 Å². The first-order valence-electron chi connectivity index (χ1n) is 10.8. The topological polar surface area (TPSA) is 84.5 Å². The fraction of sp³-hybridized carbons (Fsp3) is 0.375. The van der Waals surface area contributed by atoms with Crippen LogP contribution in [0.3, 0.4) is 0 Å². The summed E-state index contributed by atoms with van der Waals surface area (Å²) in [5.41, 5.74) is 2.57. The molecule has 1 N–H and O–H groups in total. The van der Waals surface area contributed by atoms with Crippen molar-refractivity contribution in [3.63, 3.8) is 0 Å². The smallest absolute Gasteiger partial charge is 0.408 e. The third kappa shape index (κ3) is 5.05. The van der Waals surface area contributed by atoms with Crippen molar-refractivity contribution in [2.24, 2.45) is 0 Å². The monoisotopic (exact) mass is 421 g/mol. The molecule has 162 valence electrons. The molecule has 0 spiro atoms. The van der Waals surface area contributed by atoms with Gasteiger partial charge in [-0.05, 0) is 55.9 Å². The number of amides is 2. The van der Waals surface area contributed by atoms with Crippen molar-refractivity contribution >= 4 is 22.9 Å². The Bertz CT molecular complexity index is 1110. The van der Waals surface area contributed by atoms with Crippen molar-refractivity contribution in [2.75, 3.05) is 19.6 Å². The minimum atomic E-state index is -0.600. The van der Waals surface area contributed by atoms with Gasteiger partial charge in [-0.15, -0.1) is 0 Å². The number of aryl methyl sites for hydroxylation is 1. The number of carbonyl (C=O) groups is 2. The minimum Gasteiger partial charge on any atom is -0.408 e. The van der Waals surface area contributed by atoms with Crippen LogP contribution in [-0.4, -0.2) is 40.9 Å². The third-order valence-electron chi connectivity index (χ3n) is 5.67. The van der Waals surface area contributed by atoms with Crippen LogP contribution in [0.15, 0.2) is 57.7 Å². The standard InChI is InChI=1S/C24H27N3O4/c28-22(25-13-7-10-18-8-3-1-4-9-18)17-27-20-16-19(11-12-21(20)31-24(27)30)23(29)26-14-5-2-6-15-26/h1,3-4,8-9,11-12,16H,2,5-7,10,13-15,17H2,(H,25,28). The van der Waals surface area contributed by atoms with Crippen LogP contribution in [0.5, 0.6) is 0 Å². The van der Waals surface area contributed by atoms with Gasteiger partial charge in [0.05, 0.1) is 5.52 Å². The second-order valence-electron chi connectivity index (χ2n) is 7.93. The molecule has 2 aromatic carbocycles. The molecule has 1 fully saturated rings. The van der Waals surface area contributed by atoms with Crippen molar-refractivity contribution < 1.29 is 14.0 Å². The van der Waals surface area contributed by atoms with E-state index in [1.165, 1.54) is 10.1 Å². The number of likely N-dealkylation sites (tertiary alicyclic amines) is 1. The molecule has 0 radical (unpaired) electrons. The lowest BCUT2D eigenvalue weighted by molar-refractivity contribution is -0.121. The van der Waals surface area contributed by atoms with Crippen molar-refractivity contribution in [2.45, 2.75) is 38.6 Å². The zero-order valence-electron chi connectivity index (χ0n) is 17.5. The summed E-state index contributed by atoms with van der Waals surface area (Å²) in [6, 6.07) is 15.0. The lowest BCUT2D eigenvalue weighted by Crippen LogP contribution is -2.35. The zero-order chi connectivity index (χ0) is 21.6. The first-order chi connectivity index (χ1) is 15.1. The maximum Gasteiger partial charge on any atom is 0.420 e. The summed E-state index contributed by atoms with van der Waals surface area (Å²) in [5.74, 6) is -0.908. The number of benzene rings is 2. The van der Waals surface area contributed by atoms with Crippen LogP contribution >= 0.6 is 0 Å². The van der Waals surface area contributed by atoms with E-state index in [1.807, 2.05) is 23.1 Å². The van der Waals surface area contributed by atoms with E-state index < -0.39 is 5.76 Å². The number of oxazole rings is 1. The maximum absolute atomic E-state index is 12.8. The van der Waals surface area contributed by atoms with Gasteiger partial charge >= 0.3 is 5.76 Å². The Morgan fingerprint density at radius 2 is 1.77 bits per heavy atom. The van der Waals surface area contributed by atoms with E-state index in [-0.39, 0.29) is 18.4 Å². The molecule has 2 amide bonds. The summed E-state index contributed by atoms with van der Waals surface area (Å²) in [5, 5.41) is 2.86. The number of fused-ring (bicyclic) bond motifs is 1. The lowest BCUT2D eigenvalue weighted by Gasteiger charge is -2.26. The predicted molar refractivity (Wildman–Crippen MR) is 118 cm³/mol. The van der Waals surface area contributed by atoms with Gasteiger partial charge in [-0.1, -0.05) is 30.3 Å². The Morgan fingerprint density at radius 1 is 1.00 bits per heavy atom. The largest absolute Gasteiger partial charge is 0.420 e. The molecule has 1 aliphatic rings. The summed E-state index contributed by atoms with van der Waals surface area (Å²) >= 11 is 0. The summed E-state index contributed by atoms with van der Waals surface area (Å²) < 4.78 is 6.55. The highest BCUT2D eigenvalue weighted by molar-refractivity contribution is 5.97. The van der Waals surface area contributed by atoms with Crippen LogP contribution in [0.4, 0.5) is 0 Å². The first-order valence-corrected chi connectivity index (χ1v) is 10.8. The van der Waals surface area contributed by atoms with E-state index in [9.17, 15) is 14.4 Å². The van der Waals surface area contributed by atoms with Crippen LogP contribution in [0.2, 0.25) is 0 Å². The average Bonchev–Trinajstić information content (AvgIpc) is 3.11. The van der Waals surface area contributed by atoms with Crippen molar-refractivity contribution in [1.29, 1.82) is 0 Å². The Hall–Kier alpha value is -3.35. The molecule has 0 aliphatic carbocycles. The van der Waals surface area contributed by atoms with E-state index in [0.29, 0.717) is 23.2 Å². The minimum absolute atomic E-state index is 0.0489. The van der Waals surface area contributed by atoms with Crippen LogP contribution in [-0.2, 0) is 17.8 Å². The van der Waals surface area contributed by atoms with Gasteiger partial charge in [0, 0.05) is 25.2 Å². The van der Waals surface area contributed by atoms with E-state index in [0.717, 1.165) is 45.2 Å². The highest BCUT2D eigenvalue weighted by Gasteiger charge is 2.20. The number of piperidine rings is 1. The van der Waals surface area contributed by atoms with Gasteiger partial charge < -0.3 is 14.6 Å². The summed E-state index contributed by atoms with van der Waals surface area (Å²) in [6.45, 7) is 1.89. The maximum atomic E-state index is 12.8. The molecule has 1 aromatic heterocycles. The number of carbonyl (C=O) groups excluding carboxylic acids is 2. The Morgan fingerprint density at radius 3 is 2.55 bits per heavy atom. The number of hydrogen-bond acceptors (Lipinski definition) is 4. The predicted octanol–water partition coefficient (Wildman–Crippen LogP) is 2.97. The van der Waals surface area contributed by atoms with Gasteiger partial charge in [-0.2, -0.15) is 0 Å². The molecule has 2 heterocycles. The Kier molecular flexibility index (Phi) is 6.50. The molecular weight excluding hydrogens is 394 g/mol. The molecule has 1 saturated heterocycles. The molecule has 0 saturated carbocycles. The molecule has 0 unspecified atom stereocenters. The fourth-order valence-corrected chi connectivity index (χ4v) is 3.99. The Labute approximate surface area is 180 Å². The van der Waals surface area contributed by atoms with Crippen molar-refractivity contribution in [3.05, 3.63) is 70.2 Å². The van der Waals surface area contributed by atoms with Crippen LogP contribution < -0.4 is 11.1 Å². The zero-order valence-corrected chi connectivity index (χ0v) is 17.5. The van der Waals surface area contributed by atoms with E-state index in [2.05, 4.69) is 17.4 Å². The van der Waals surface area contributed by atoms with Crippen LogP contribution in [0.1, 0.15) is 41.6 Å². The van der Waals surface area contributed by atoms with Gasteiger partial charge in [0.1, 0.15) is 6.54 Å². The van der Waals surface area contributed by atoms with Gasteiger partial charge in [-0.25, -0.2) is 4.79 Å². The summed E-state index contributed by atoms with van der Waals surface area (Å²) in [6.07, 6.45) is 4.84. The number of aromatic nitrogens is 1. The fourth-order valence-electron chi connectivity index (χ4n) is 3.99. The normalized spacial score (nSPS) is 14.0. The second kappa shape index (κ2) is 9.64. The molecule has 0 atom stereocenters. The van der Waals surface area contributed by atoms with Gasteiger partial charge in [0.25, 0.3) is 5.91 Å². The second-order valence-corrected chi connectivity index (χ2v) is 7.93. The SMILES string of the molecule is O=C(Cn1c(=O)oc2ccc(C(=O)N3CCCCC3)cc21)NCCCc1ccccc1. The quantitative estimate of drug-likeness (QED) is 0.595. The van der Waals surface area contributed by atoms with Crippen LogP contribution in [0.25, 0.3) is 11.1 Å². The van der Waals surface area contributed by atoms with E-state index in [1.54, 1.807) is 18.2 Å². The number of nitrogens with zero attached hydrogens (tertiary/aromatic N) is 2. The molecule has 4 rings (SSSR count). The van der Waals surface area contributed by atoms with E-state index >= 15 is 0 Å². The van der Waals surface area contributed by atoms with E-state index in [4.69, 9.17) is 4.42 Å². The third-order valence-corrected chi connectivity index (χ3v) is 5.67. The Balaban J connectivity index is 1.40. The molecule has 1 aliphatic heterocycles. The number of nitrogens with one attached hydrogen (secondary N) is 1. The molecule has 3 aromatic rings. The molecule has 7 nitrogen and oxygen atoms in total. The molecule has 0 bridgehead atoms. The summed E-state index contributed by atoms with van der Waals surface area (Å²) in [4.78, 5) is 39.3. The first kappa shape index (κ1) is 20.9. The van der Waals surface area contributed by atoms with Crippen molar-refractivity contribution in [1.82, 2.24) is 14.8 Å². The van der Waals surface area contributed by atoms with Gasteiger partial charge in [0.15, 0.2) is 5.58 Å². The molecular formula is C24H27N3O4. The van der Waals surface area contributed by atoms with Crippen LogP contribution in [0, 0.1) is 0 Å². The summed E-state index contributed by atoms with van der Waals surface area (Å²) in [7, 11) is 0. The molecule has 31 heavy (non-hydrogen) atoms. The average molecular weight is 421 g/mol. The molecule has 7 heteroatoms. The highest BCUT2D eigenvalue weighted by atomic mass is 16.4. The highest BCUT2D eigenvalue weighted by Crippen LogP contribution is 2.18. The lowest BCUT2D eigenvalue weighted by atomic mass is 10.1. The van der Waals surface area contributed by atoms with Gasteiger partial charge in [0.2, 0.25) is 5.91 Å².